The van der Waals surface area contributed by atoms with E-state index in [0.29, 0.717) is 19.6 Å². The fourth-order valence-corrected chi connectivity index (χ4v) is 2.85. The number of hydrogen-bond donors (Lipinski definition) is 2. The van der Waals surface area contributed by atoms with Gasteiger partial charge in [-0.3, -0.25) is 19.4 Å². The van der Waals surface area contributed by atoms with Crippen molar-refractivity contribution in [3.63, 3.8) is 0 Å². The van der Waals surface area contributed by atoms with E-state index in [4.69, 9.17) is 0 Å². The molecule has 0 aromatic heterocycles. The van der Waals surface area contributed by atoms with Crippen molar-refractivity contribution in [1.82, 2.24) is 15.1 Å². The number of benzene rings is 1. The number of anilines is 1. The van der Waals surface area contributed by atoms with Crippen molar-refractivity contribution in [2.45, 2.75) is 32.9 Å². The van der Waals surface area contributed by atoms with Gasteiger partial charge in [0.05, 0.1) is 18.3 Å². The van der Waals surface area contributed by atoms with Gasteiger partial charge < -0.3 is 10.6 Å². The van der Waals surface area contributed by atoms with Gasteiger partial charge in [0.1, 0.15) is 5.82 Å². The highest BCUT2D eigenvalue weighted by atomic mass is 19.1. The van der Waals surface area contributed by atoms with Gasteiger partial charge >= 0.3 is 0 Å². The molecule has 0 unspecified atom stereocenters. The molecule has 0 bridgehead atoms. The second-order valence-corrected chi connectivity index (χ2v) is 6.68. The van der Waals surface area contributed by atoms with Crippen LogP contribution in [0.25, 0.3) is 0 Å². The van der Waals surface area contributed by atoms with Gasteiger partial charge in [0.2, 0.25) is 11.8 Å². The van der Waals surface area contributed by atoms with Crippen LogP contribution in [0.4, 0.5) is 10.1 Å². The number of nitrogens with zero attached hydrogens (tertiary/aromatic N) is 2. The topological polar surface area (TPSA) is 64.7 Å². The van der Waals surface area contributed by atoms with Crippen molar-refractivity contribution in [3.05, 3.63) is 30.1 Å². The lowest BCUT2D eigenvalue weighted by Crippen LogP contribution is -2.54. The molecule has 1 aromatic rings. The summed E-state index contributed by atoms with van der Waals surface area (Å²) < 4.78 is 13.6. The second kappa shape index (κ2) is 8.92. The van der Waals surface area contributed by atoms with E-state index in [-0.39, 0.29) is 29.6 Å². The minimum atomic E-state index is -0.441. The van der Waals surface area contributed by atoms with E-state index in [9.17, 15) is 14.0 Å². The van der Waals surface area contributed by atoms with Gasteiger partial charge in [0.15, 0.2) is 0 Å². The van der Waals surface area contributed by atoms with E-state index < -0.39 is 5.82 Å². The van der Waals surface area contributed by atoms with Gasteiger partial charge in [-0.05, 0) is 32.9 Å². The largest absolute Gasteiger partial charge is 0.353 e. The van der Waals surface area contributed by atoms with Crippen LogP contribution in [0.1, 0.15) is 20.8 Å². The third-order valence-electron chi connectivity index (χ3n) is 4.28. The maximum Gasteiger partial charge on any atom is 0.241 e. The number of carbonyl (C=O) groups excluding carboxylic acids is 2. The Morgan fingerprint density at radius 3 is 2.36 bits per heavy atom. The summed E-state index contributed by atoms with van der Waals surface area (Å²) in [7, 11) is 0. The highest BCUT2D eigenvalue weighted by Crippen LogP contribution is 2.14. The van der Waals surface area contributed by atoms with Crippen molar-refractivity contribution >= 4 is 17.5 Å². The molecule has 1 fully saturated rings. The molecule has 2 N–H and O–H groups in total. The number of para-hydroxylation sites is 1. The van der Waals surface area contributed by atoms with Gasteiger partial charge in [-0.2, -0.15) is 0 Å². The molecular weight excluding hydrogens is 323 g/mol. The van der Waals surface area contributed by atoms with Crippen LogP contribution in [0.2, 0.25) is 0 Å². The Labute approximate surface area is 148 Å². The number of hydrogen-bond acceptors (Lipinski definition) is 4. The first-order chi connectivity index (χ1) is 11.9. The molecule has 2 rings (SSSR count). The Balaban J connectivity index is 1.80. The molecule has 1 aliphatic rings. The van der Waals surface area contributed by atoms with Crippen molar-refractivity contribution in [2.24, 2.45) is 0 Å². The summed E-state index contributed by atoms with van der Waals surface area (Å²) >= 11 is 0. The van der Waals surface area contributed by atoms with Crippen LogP contribution in [0.5, 0.6) is 0 Å². The number of nitrogens with one attached hydrogen (secondary N) is 2. The Bertz CT molecular complexity index is 600. The summed E-state index contributed by atoms with van der Waals surface area (Å²) in [6.07, 6.45) is 0. The highest BCUT2D eigenvalue weighted by Gasteiger charge is 2.26. The van der Waals surface area contributed by atoms with E-state index in [1.807, 2.05) is 25.7 Å². The van der Waals surface area contributed by atoms with Crippen molar-refractivity contribution in [1.29, 1.82) is 0 Å². The Morgan fingerprint density at radius 2 is 1.76 bits per heavy atom. The molecule has 7 heteroatoms. The quantitative estimate of drug-likeness (QED) is 0.812. The molecule has 0 spiro atoms. The van der Waals surface area contributed by atoms with Crippen LogP contribution in [-0.2, 0) is 9.59 Å². The lowest BCUT2D eigenvalue weighted by Gasteiger charge is -2.37. The van der Waals surface area contributed by atoms with Gasteiger partial charge in [-0.1, -0.05) is 12.1 Å². The van der Waals surface area contributed by atoms with E-state index in [2.05, 4.69) is 15.5 Å². The number of halogens is 1. The van der Waals surface area contributed by atoms with Gasteiger partial charge in [0.25, 0.3) is 0 Å². The number of rotatable bonds is 6. The average molecular weight is 350 g/mol. The number of carbonyl (C=O) groups is 2. The SMILES string of the molecule is CC(C)NC(=O)CN1CCN([C@@H](C)C(=O)Nc2ccccc2F)CC1. The highest BCUT2D eigenvalue weighted by molar-refractivity contribution is 5.94. The van der Waals surface area contributed by atoms with Gasteiger partial charge in [-0.25, -0.2) is 4.39 Å². The van der Waals surface area contributed by atoms with Crippen molar-refractivity contribution in [3.8, 4) is 0 Å². The zero-order valence-electron chi connectivity index (χ0n) is 15.1. The Morgan fingerprint density at radius 1 is 1.12 bits per heavy atom. The lowest BCUT2D eigenvalue weighted by molar-refractivity contribution is -0.125. The molecule has 0 aliphatic carbocycles. The number of amides is 2. The van der Waals surface area contributed by atoms with Crippen LogP contribution in [0.3, 0.4) is 0 Å². The molecule has 2 amide bonds. The van der Waals surface area contributed by atoms with Gasteiger partial charge in [0, 0.05) is 32.2 Å². The standard InChI is InChI=1S/C18H27FN4O2/c1-13(2)20-17(24)12-22-8-10-23(11-9-22)14(3)18(25)21-16-7-5-4-6-15(16)19/h4-7,13-14H,8-12H2,1-3H3,(H,20,24)(H,21,25)/t14-/m0/s1. The van der Waals surface area contributed by atoms with Crippen molar-refractivity contribution < 1.29 is 14.0 Å². The van der Waals surface area contributed by atoms with Crippen molar-refractivity contribution in [2.75, 3.05) is 38.0 Å². The molecule has 138 valence electrons. The maximum absolute atomic E-state index is 13.6. The predicted octanol–water partition coefficient (Wildman–Crippen LogP) is 1.29. The first kappa shape index (κ1) is 19.3. The summed E-state index contributed by atoms with van der Waals surface area (Å²) in [5.41, 5.74) is 0.198. The normalized spacial score (nSPS) is 17.3. The lowest BCUT2D eigenvalue weighted by atomic mass is 10.2. The third kappa shape index (κ3) is 5.79. The molecule has 1 atom stereocenters. The fourth-order valence-electron chi connectivity index (χ4n) is 2.85. The van der Waals surface area contributed by atoms with Gasteiger partial charge in [-0.15, -0.1) is 0 Å². The molecule has 1 saturated heterocycles. The van der Waals surface area contributed by atoms with Crippen LogP contribution in [0, 0.1) is 5.82 Å². The molecule has 0 radical (unpaired) electrons. The number of piperazine rings is 1. The zero-order valence-corrected chi connectivity index (χ0v) is 15.1. The van der Waals surface area contributed by atoms with Crippen LogP contribution in [-0.4, -0.2) is 66.4 Å². The Hall–Kier alpha value is -1.99. The molecular formula is C18H27FN4O2. The molecule has 1 aromatic carbocycles. The summed E-state index contributed by atoms with van der Waals surface area (Å²) in [5.74, 6) is -0.645. The zero-order chi connectivity index (χ0) is 18.4. The Kier molecular flexibility index (Phi) is 6.90. The van der Waals surface area contributed by atoms with Crippen LogP contribution < -0.4 is 10.6 Å². The first-order valence-electron chi connectivity index (χ1n) is 8.68. The molecule has 0 saturated carbocycles. The molecule has 25 heavy (non-hydrogen) atoms. The molecule has 1 aliphatic heterocycles. The molecule has 1 heterocycles. The van der Waals surface area contributed by atoms with E-state index >= 15 is 0 Å². The average Bonchev–Trinajstić information content (AvgIpc) is 2.56. The van der Waals surface area contributed by atoms with E-state index in [1.54, 1.807) is 18.2 Å². The molecule has 6 nitrogen and oxygen atoms in total. The summed E-state index contributed by atoms with van der Waals surface area (Å²) in [6.45, 7) is 8.91. The summed E-state index contributed by atoms with van der Waals surface area (Å²) in [6, 6.07) is 5.92. The fraction of sp³-hybridized carbons (Fsp3) is 0.556. The second-order valence-electron chi connectivity index (χ2n) is 6.68. The van der Waals surface area contributed by atoms with Crippen LogP contribution >= 0.6 is 0 Å². The van der Waals surface area contributed by atoms with E-state index in [1.165, 1.54) is 6.07 Å². The minimum absolute atomic E-state index is 0.0220. The van der Waals surface area contributed by atoms with Crippen LogP contribution in [0.15, 0.2) is 24.3 Å². The monoisotopic (exact) mass is 350 g/mol. The first-order valence-corrected chi connectivity index (χ1v) is 8.68. The minimum Gasteiger partial charge on any atom is -0.353 e. The van der Waals surface area contributed by atoms with E-state index in [0.717, 1.165) is 13.1 Å². The summed E-state index contributed by atoms with van der Waals surface area (Å²) in [5, 5.41) is 5.52. The smallest absolute Gasteiger partial charge is 0.241 e. The maximum atomic E-state index is 13.6. The summed E-state index contributed by atoms with van der Waals surface area (Å²) in [4.78, 5) is 28.3. The third-order valence-corrected chi connectivity index (χ3v) is 4.28. The predicted molar refractivity (Wildman–Crippen MR) is 95.8 cm³/mol.